The molecule has 2 aliphatic rings. The lowest BCUT2D eigenvalue weighted by molar-refractivity contribution is -0.159. The van der Waals surface area contributed by atoms with Gasteiger partial charge in [0.15, 0.2) is 0 Å². The lowest BCUT2D eigenvalue weighted by atomic mass is 9.93. The van der Waals surface area contributed by atoms with Crippen LogP contribution in [0.1, 0.15) is 38.5 Å². The molecule has 2 aliphatic heterocycles. The summed E-state index contributed by atoms with van der Waals surface area (Å²) in [5, 5.41) is 37.6. The monoisotopic (exact) mass is 372 g/mol. The molecule has 146 valence electrons. The van der Waals surface area contributed by atoms with Crippen LogP contribution >= 0.6 is 0 Å². The Morgan fingerprint density at radius 1 is 0.577 bits per heavy atom. The Balaban J connectivity index is 2.19. The average Bonchev–Trinajstić information content (AvgIpc) is 2.58. The van der Waals surface area contributed by atoms with E-state index >= 15 is 0 Å². The predicted molar refractivity (Wildman–Crippen MR) is 86.8 cm³/mol. The summed E-state index contributed by atoms with van der Waals surface area (Å²) in [4.78, 5) is 48.7. The summed E-state index contributed by atoms with van der Waals surface area (Å²) in [6, 6.07) is -3.88. The van der Waals surface area contributed by atoms with Crippen molar-refractivity contribution in [3.8, 4) is 0 Å². The van der Waals surface area contributed by atoms with Crippen LogP contribution in [0.15, 0.2) is 0 Å². The highest BCUT2D eigenvalue weighted by molar-refractivity contribution is 5.79. The molecule has 10 nitrogen and oxygen atoms in total. The molecule has 0 saturated carbocycles. The number of likely N-dealkylation sites (tertiary alicyclic amines) is 2. The number of nitrogens with zero attached hydrogens (tertiary/aromatic N) is 2. The Morgan fingerprint density at radius 3 is 1.00 bits per heavy atom. The molecule has 4 atom stereocenters. The smallest absolute Gasteiger partial charge is 0.320 e. The van der Waals surface area contributed by atoms with Crippen molar-refractivity contribution in [2.45, 2.75) is 62.7 Å². The van der Waals surface area contributed by atoms with Crippen molar-refractivity contribution in [3.05, 3.63) is 0 Å². The van der Waals surface area contributed by atoms with Crippen LogP contribution in [-0.2, 0) is 19.2 Å². The van der Waals surface area contributed by atoms with Crippen LogP contribution in [0.25, 0.3) is 0 Å². The number of carboxylic acids is 4. The minimum Gasteiger partial charge on any atom is -0.480 e. The van der Waals surface area contributed by atoms with Crippen molar-refractivity contribution >= 4 is 23.9 Å². The second-order valence-corrected chi connectivity index (χ2v) is 6.75. The van der Waals surface area contributed by atoms with Crippen molar-refractivity contribution < 1.29 is 39.6 Å². The maximum atomic E-state index is 11.5. The first-order valence-electron chi connectivity index (χ1n) is 8.66. The van der Waals surface area contributed by atoms with Crippen molar-refractivity contribution in [1.82, 2.24) is 9.80 Å². The number of aliphatic carboxylic acids is 4. The molecule has 10 heteroatoms. The lowest BCUT2D eigenvalue weighted by Crippen LogP contribution is -2.59. The van der Waals surface area contributed by atoms with E-state index in [4.69, 9.17) is 0 Å². The van der Waals surface area contributed by atoms with Crippen LogP contribution in [-0.4, -0.2) is 91.4 Å². The van der Waals surface area contributed by atoms with Crippen LogP contribution in [0.5, 0.6) is 0 Å². The largest absolute Gasteiger partial charge is 0.480 e. The maximum Gasteiger partial charge on any atom is 0.320 e. The number of carbonyl (C=O) groups is 4. The van der Waals surface area contributed by atoms with Gasteiger partial charge in [-0.3, -0.25) is 29.0 Å². The third-order valence-electron chi connectivity index (χ3n) is 5.27. The maximum absolute atomic E-state index is 11.5. The standard InChI is InChI=1S/C16H24N2O8/c19-13(20)9-3-1-4-10(14(21)22)17(9)7-8-18-11(15(23)24)5-2-6-12(18)16(25)26/h9-12H,1-8H2,(H,19,20)(H,21,22)(H,23,24)(H,25,26). The van der Waals surface area contributed by atoms with Gasteiger partial charge in [-0.1, -0.05) is 0 Å². The summed E-state index contributed by atoms with van der Waals surface area (Å²) in [5.74, 6) is -4.50. The Hall–Kier alpha value is -2.20. The van der Waals surface area contributed by atoms with E-state index in [0.717, 1.165) is 0 Å². The molecule has 0 aliphatic carbocycles. The SMILES string of the molecule is O=C(O)C1CCCC(C(=O)O)N1CCN1C(C(=O)O)CCCC1C(=O)O. The number of piperidine rings is 2. The summed E-state index contributed by atoms with van der Waals surface area (Å²) in [6.07, 6.45) is 2.19. The van der Waals surface area contributed by atoms with Crippen molar-refractivity contribution in [2.75, 3.05) is 13.1 Å². The van der Waals surface area contributed by atoms with Crippen molar-refractivity contribution in [3.63, 3.8) is 0 Å². The Bertz CT molecular complexity index is 487. The van der Waals surface area contributed by atoms with Gasteiger partial charge in [0.2, 0.25) is 0 Å². The minimum atomic E-state index is -1.13. The van der Waals surface area contributed by atoms with Gasteiger partial charge < -0.3 is 20.4 Å². The summed E-state index contributed by atoms with van der Waals surface area (Å²) in [6.45, 7) is -0.0248. The first-order chi connectivity index (χ1) is 12.2. The molecule has 0 bridgehead atoms. The molecule has 2 saturated heterocycles. The van der Waals surface area contributed by atoms with Gasteiger partial charge in [-0.15, -0.1) is 0 Å². The van der Waals surface area contributed by atoms with Crippen molar-refractivity contribution in [2.24, 2.45) is 0 Å². The van der Waals surface area contributed by atoms with E-state index < -0.39 is 48.0 Å². The summed E-state index contributed by atoms with van der Waals surface area (Å²) < 4.78 is 0. The summed E-state index contributed by atoms with van der Waals surface area (Å²) in [5.41, 5.74) is 0. The molecule has 2 heterocycles. The number of hydrogen-bond donors (Lipinski definition) is 4. The van der Waals surface area contributed by atoms with Gasteiger partial charge in [0.25, 0.3) is 0 Å². The molecule has 4 N–H and O–H groups in total. The van der Waals surface area contributed by atoms with E-state index in [-0.39, 0.29) is 13.1 Å². The van der Waals surface area contributed by atoms with Crippen LogP contribution in [0.2, 0.25) is 0 Å². The normalized spacial score (nSPS) is 30.6. The molecule has 2 fully saturated rings. The number of rotatable bonds is 7. The summed E-state index contributed by atoms with van der Waals surface area (Å²) >= 11 is 0. The van der Waals surface area contributed by atoms with Gasteiger partial charge in [0, 0.05) is 13.1 Å². The van der Waals surface area contributed by atoms with E-state index in [1.165, 1.54) is 9.80 Å². The Kier molecular flexibility index (Phi) is 6.54. The third kappa shape index (κ3) is 4.31. The Labute approximate surface area is 150 Å². The molecule has 26 heavy (non-hydrogen) atoms. The lowest BCUT2D eigenvalue weighted by Gasteiger charge is -2.42. The van der Waals surface area contributed by atoms with Gasteiger partial charge in [-0.25, -0.2) is 0 Å². The first kappa shape index (κ1) is 20.1. The van der Waals surface area contributed by atoms with Crippen LogP contribution in [0.3, 0.4) is 0 Å². The van der Waals surface area contributed by atoms with E-state index in [1.807, 2.05) is 0 Å². The predicted octanol–water partition coefficient (Wildman–Crippen LogP) is -0.229. The molecule has 0 radical (unpaired) electrons. The van der Waals surface area contributed by atoms with Crippen LogP contribution in [0.4, 0.5) is 0 Å². The molecule has 0 aromatic rings. The second kappa shape index (κ2) is 8.45. The third-order valence-corrected chi connectivity index (χ3v) is 5.27. The zero-order valence-electron chi connectivity index (χ0n) is 14.3. The fourth-order valence-corrected chi connectivity index (χ4v) is 4.02. The van der Waals surface area contributed by atoms with Crippen molar-refractivity contribution in [1.29, 1.82) is 0 Å². The van der Waals surface area contributed by atoms with E-state index in [2.05, 4.69) is 0 Å². The minimum absolute atomic E-state index is 0.0124. The average molecular weight is 372 g/mol. The Morgan fingerprint density at radius 2 is 0.808 bits per heavy atom. The van der Waals surface area contributed by atoms with E-state index in [9.17, 15) is 39.6 Å². The highest BCUT2D eigenvalue weighted by atomic mass is 16.4. The van der Waals surface area contributed by atoms with Gasteiger partial charge in [-0.2, -0.15) is 0 Å². The fraction of sp³-hybridized carbons (Fsp3) is 0.750. The second-order valence-electron chi connectivity index (χ2n) is 6.75. The zero-order valence-corrected chi connectivity index (χ0v) is 14.3. The van der Waals surface area contributed by atoms with E-state index in [1.54, 1.807) is 0 Å². The molecule has 2 rings (SSSR count). The number of carboxylic acid groups (broad SMARTS) is 4. The fourth-order valence-electron chi connectivity index (χ4n) is 4.02. The zero-order chi connectivity index (χ0) is 19.4. The molecular formula is C16H24N2O8. The molecule has 0 spiro atoms. The number of hydrogen-bond acceptors (Lipinski definition) is 6. The molecule has 0 aromatic carbocycles. The molecule has 0 aromatic heterocycles. The van der Waals surface area contributed by atoms with Crippen LogP contribution < -0.4 is 0 Å². The molecule has 0 amide bonds. The molecular weight excluding hydrogens is 348 g/mol. The topological polar surface area (TPSA) is 156 Å². The first-order valence-corrected chi connectivity index (χ1v) is 8.66. The van der Waals surface area contributed by atoms with Gasteiger partial charge in [0.05, 0.1) is 0 Å². The van der Waals surface area contributed by atoms with Gasteiger partial charge >= 0.3 is 23.9 Å². The molecule has 4 unspecified atom stereocenters. The van der Waals surface area contributed by atoms with E-state index in [0.29, 0.717) is 38.5 Å². The highest BCUT2D eigenvalue weighted by Gasteiger charge is 2.42. The van der Waals surface area contributed by atoms with Gasteiger partial charge in [0.1, 0.15) is 24.2 Å². The quantitative estimate of drug-likeness (QED) is 0.471. The summed E-state index contributed by atoms with van der Waals surface area (Å²) in [7, 11) is 0. The van der Waals surface area contributed by atoms with Crippen LogP contribution in [0, 0.1) is 0 Å². The highest BCUT2D eigenvalue weighted by Crippen LogP contribution is 2.26. The van der Waals surface area contributed by atoms with Gasteiger partial charge in [-0.05, 0) is 38.5 Å².